The highest BCUT2D eigenvalue weighted by Gasteiger charge is 2.57. The van der Waals surface area contributed by atoms with Gasteiger partial charge in [-0.15, -0.1) is 0 Å². The van der Waals surface area contributed by atoms with Gasteiger partial charge in [0.2, 0.25) is 5.69 Å². The average Bonchev–Trinajstić information content (AvgIpc) is 3.48. The molecule has 3 fully saturated rings. The quantitative estimate of drug-likeness (QED) is 0.227. The van der Waals surface area contributed by atoms with Gasteiger partial charge in [-0.25, -0.2) is 15.0 Å². The molecule has 3 aliphatic rings. The van der Waals surface area contributed by atoms with E-state index in [4.69, 9.17) is 35.8 Å². The van der Waals surface area contributed by atoms with Crippen LogP contribution in [0.3, 0.4) is 0 Å². The Morgan fingerprint density at radius 1 is 1.38 bits per heavy atom. The first kappa shape index (κ1) is 30.6. The van der Waals surface area contributed by atoms with Gasteiger partial charge in [0.1, 0.15) is 30.2 Å². The van der Waals surface area contributed by atoms with Crippen LogP contribution in [0.2, 0.25) is 18.1 Å². The molecule has 14 heteroatoms. The van der Waals surface area contributed by atoms with Gasteiger partial charge in [-0.1, -0.05) is 44.3 Å². The lowest BCUT2D eigenvalue weighted by Crippen LogP contribution is -2.45. The summed E-state index contributed by atoms with van der Waals surface area (Å²) in [6.45, 7) is 19.7. The van der Waals surface area contributed by atoms with E-state index in [2.05, 4.69) is 69.2 Å². The van der Waals surface area contributed by atoms with E-state index in [0.29, 0.717) is 17.1 Å². The number of aromatic nitrogens is 4. The second-order valence-electron chi connectivity index (χ2n) is 13.0. The van der Waals surface area contributed by atoms with Gasteiger partial charge in [0.25, 0.3) is 0 Å². The van der Waals surface area contributed by atoms with Crippen LogP contribution in [0.4, 0.5) is 5.82 Å². The van der Waals surface area contributed by atoms with E-state index in [1.807, 2.05) is 0 Å². The van der Waals surface area contributed by atoms with Crippen molar-refractivity contribution in [1.82, 2.24) is 19.5 Å². The molecule has 2 aromatic heterocycles. The number of anilines is 1. The summed E-state index contributed by atoms with van der Waals surface area (Å²) in [6, 6.07) is 0. The molecule has 2 aliphatic heterocycles. The number of imidazole rings is 1. The van der Waals surface area contributed by atoms with Crippen molar-refractivity contribution >= 4 is 54.2 Å². The zero-order valence-corrected chi connectivity index (χ0v) is 27.9. The third-order valence-corrected chi connectivity index (χ3v) is 19.3. The Bertz CT molecular complexity index is 1340. The lowest BCUT2D eigenvalue weighted by Gasteiger charge is -2.37. The molecule has 2 saturated heterocycles. The summed E-state index contributed by atoms with van der Waals surface area (Å²) in [5.74, 6) is 0.677. The molecule has 0 aromatic carbocycles. The highest BCUT2D eigenvalue weighted by molar-refractivity contribution is 8.68. The molecule has 1 saturated carbocycles. The van der Waals surface area contributed by atoms with E-state index in [-0.39, 0.29) is 28.3 Å². The minimum absolute atomic E-state index is 0.00966. The SMILES string of the molecule is C=C(C)[C@@H]1CC[C@]2(C)S[P@@](=S)(O[C@H]3[C@@H](O)[C@H](n4cnc5c(N)ncnc54)O[C@@H]3CO[Si](C)(C)C(C)(C)C)O[C@H]2C1. The van der Waals surface area contributed by atoms with Gasteiger partial charge in [0, 0.05) is 4.75 Å². The summed E-state index contributed by atoms with van der Waals surface area (Å²) >= 11 is 7.73. The van der Waals surface area contributed by atoms with Crippen molar-refractivity contribution in [2.75, 3.05) is 12.3 Å². The highest BCUT2D eigenvalue weighted by Crippen LogP contribution is 2.76. The number of hydrogen-bond donors (Lipinski definition) is 2. The first-order valence-electron chi connectivity index (χ1n) is 13.8. The summed E-state index contributed by atoms with van der Waals surface area (Å²) in [6.07, 6.45) is 2.61. The van der Waals surface area contributed by atoms with Crippen molar-refractivity contribution in [3.63, 3.8) is 0 Å². The number of nitrogens with two attached hydrogens (primary N) is 1. The molecule has 4 heterocycles. The van der Waals surface area contributed by atoms with Gasteiger partial charge >= 0.3 is 0 Å². The summed E-state index contributed by atoms with van der Waals surface area (Å²) in [5.41, 5.74) is 5.30. The van der Waals surface area contributed by atoms with E-state index in [9.17, 15) is 5.11 Å². The van der Waals surface area contributed by atoms with Crippen molar-refractivity contribution in [3.8, 4) is 0 Å². The molecular weight excluding hydrogens is 586 g/mol. The molecule has 2 aromatic rings. The fourth-order valence-corrected chi connectivity index (χ4v) is 13.9. The van der Waals surface area contributed by atoms with Crippen molar-refractivity contribution in [3.05, 3.63) is 24.8 Å². The molecule has 10 nitrogen and oxygen atoms in total. The summed E-state index contributed by atoms with van der Waals surface area (Å²) in [7, 11) is -2.12. The number of nitrogens with zero attached hydrogens (tertiary/aromatic N) is 4. The molecular formula is C26H42N5O5PS2Si. The maximum atomic E-state index is 11.7. The minimum Gasteiger partial charge on any atom is -0.414 e. The first-order valence-corrected chi connectivity index (χ1v) is 20.7. The first-order chi connectivity index (χ1) is 18.5. The molecule has 0 spiro atoms. The average molecular weight is 628 g/mol. The third-order valence-electron chi connectivity index (χ3n) is 9.08. The predicted octanol–water partition coefficient (Wildman–Crippen LogP) is 5.57. The Kier molecular flexibility index (Phi) is 8.16. The summed E-state index contributed by atoms with van der Waals surface area (Å²) < 4.78 is 27.8. The molecule has 222 valence electrons. The number of fused-ring (bicyclic) bond motifs is 2. The monoisotopic (exact) mass is 627 g/mol. The van der Waals surface area contributed by atoms with Crippen molar-refractivity contribution < 1.29 is 23.3 Å². The Hall–Kier alpha value is -0.893. The van der Waals surface area contributed by atoms with Crippen LogP contribution in [0.25, 0.3) is 11.2 Å². The van der Waals surface area contributed by atoms with Crippen molar-refractivity contribution in [2.45, 2.75) is 107 Å². The lowest BCUT2D eigenvalue weighted by molar-refractivity contribution is -0.0485. The number of nitrogen functional groups attached to an aromatic ring is 1. The molecule has 0 radical (unpaired) electrons. The smallest absolute Gasteiger partial charge is 0.248 e. The number of aliphatic hydroxyl groups excluding tert-OH is 1. The molecule has 0 amide bonds. The van der Waals surface area contributed by atoms with Crippen LogP contribution < -0.4 is 5.73 Å². The number of aliphatic hydroxyl groups is 1. The Labute approximate surface area is 246 Å². The Morgan fingerprint density at radius 2 is 2.10 bits per heavy atom. The molecule has 40 heavy (non-hydrogen) atoms. The number of ether oxygens (including phenoxy) is 1. The van der Waals surface area contributed by atoms with Crippen LogP contribution in [0, 0.1) is 5.92 Å². The number of hydrogen-bond acceptors (Lipinski definition) is 11. The molecule has 8 atom stereocenters. The predicted molar refractivity (Wildman–Crippen MR) is 165 cm³/mol. The fraction of sp³-hybridized carbons (Fsp3) is 0.731. The summed E-state index contributed by atoms with van der Waals surface area (Å²) in [4.78, 5) is 12.7. The molecule has 1 aliphatic carbocycles. The normalized spacial score (nSPS) is 36.7. The van der Waals surface area contributed by atoms with Gasteiger partial charge in [-0.05, 0) is 69.0 Å². The van der Waals surface area contributed by atoms with E-state index < -0.39 is 38.6 Å². The van der Waals surface area contributed by atoms with E-state index in [1.165, 1.54) is 11.9 Å². The standard InChI is InChI=1S/C26H42N5O5PS2Si/c1-15(2)16-9-10-26(6)18(11-16)35-37(38,39-26)36-21-17(12-33-40(7,8)25(3,4)5)34-24(20(21)32)31-14-30-19-22(27)28-13-29-23(19)31/h13-14,16-18,20-21,24,32H,1,9-12H2,2-8H3,(H2,27,28,29)/t16-,17-,18+,20-,21-,24-,26+,37-/m1/s1. The van der Waals surface area contributed by atoms with E-state index in [1.54, 1.807) is 22.3 Å². The molecule has 0 unspecified atom stereocenters. The Balaban J connectivity index is 1.42. The van der Waals surface area contributed by atoms with Gasteiger partial charge in [-0.3, -0.25) is 4.57 Å². The minimum atomic E-state index is -2.81. The van der Waals surface area contributed by atoms with Gasteiger partial charge in [0.15, 0.2) is 26.0 Å². The van der Waals surface area contributed by atoms with Gasteiger partial charge in [-0.2, -0.15) is 0 Å². The van der Waals surface area contributed by atoms with Crippen LogP contribution in [0.5, 0.6) is 0 Å². The van der Waals surface area contributed by atoms with Crippen LogP contribution in [0.1, 0.15) is 60.1 Å². The molecule has 3 N–H and O–H groups in total. The van der Waals surface area contributed by atoms with Gasteiger partial charge < -0.3 is 29.1 Å². The maximum absolute atomic E-state index is 11.7. The van der Waals surface area contributed by atoms with E-state index >= 15 is 0 Å². The molecule has 5 rings (SSSR count). The highest BCUT2D eigenvalue weighted by atomic mass is 32.9. The number of allylic oxidation sites excluding steroid dienone is 1. The fourth-order valence-electron chi connectivity index (χ4n) is 5.36. The van der Waals surface area contributed by atoms with Crippen LogP contribution in [-0.2, 0) is 30.0 Å². The zero-order chi connectivity index (χ0) is 29.3. The van der Waals surface area contributed by atoms with Gasteiger partial charge in [0.05, 0.1) is 19.0 Å². The third kappa shape index (κ3) is 5.58. The number of rotatable bonds is 7. The van der Waals surface area contributed by atoms with Crippen LogP contribution in [-0.4, -0.2) is 68.7 Å². The zero-order valence-electron chi connectivity index (χ0n) is 24.4. The van der Waals surface area contributed by atoms with Crippen molar-refractivity contribution in [2.24, 2.45) is 5.92 Å². The van der Waals surface area contributed by atoms with Crippen LogP contribution >= 0.6 is 17.1 Å². The summed E-state index contributed by atoms with van der Waals surface area (Å²) in [5, 5.41) is 11.7. The maximum Gasteiger partial charge on any atom is 0.248 e. The second kappa shape index (κ2) is 10.7. The second-order valence-corrected chi connectivity index (χ2v) is 24.4. The van der Waals surface area contributed by atoms with Crippen LogP contribution in [0.15, 0.2) is 24.8 Å². The largest absolute Gasteiger partial charge is 0.414 e. The lowest BCUT2D eigenvalue weighted by atomic mass is 9.77. The Morgan fingerprint density at radius 3 is 2.77 bits per heavy atom. The molecule has 0 bridgehead atoms. The van der Waals surface area contributed by atoms with E-state index in [0.717, 1.165) is 19.3 Å². The topological polar surface area (TPSA) is 127 Å². The van der Waals surface area contributed by atoms with Crippen molar-refractivity contribution in [1.29, 1.82) is 0 Å².